The van der Waals surface area contributed by atoms with Gasteiger partial charge in [0.25, 0.3) is 0 Å². The molecule has 3 aromatic rings. The van der Waals surface area contributed by atoms with Crippen LogP contribution in [0.4, 0.5) is 13.2 Å². The highest BCUT2D eigenvalue weighted by molar-refractivity contribution is 5.88. The van der Waals surface area contributed by atoms with Gasteiger partial charge in [-0.15, -0.1) is 0 Å². The summed E-state index contributed by atoms with van der Waals surface area (Å²) in [7, 11) is 0. The zero-order valence-electron chi connectivity index (χ0n) is 17.5. The van der Waals surface area contributed by atoms with E-state index in [0.29, 0.717) is 6.42 Å². The van der Waals surface area contributed by atoms with Crippen LogP contribution in [0.15, 0.2) is 78.9 Å². The molecule has 1 N–H and O–H groups in total. The average Bonchev–Trinajstić information content (AvgIpc) is 3.15. The minimum atomic E-state index is -5.01. The van der Waals surface area contributed by atoms with E-state index < -0.39 is 30.2 Å². The Bertz CT molecular complexity index is 987. The monoisotopic (exact) mass is 443 g/mol. The van der Waals surface area contributed by atoms with Gasteiger partial charge in [0.1, 0.15) is 12.1 Å². The van der Waals surface area contributed by atoms with Crippen LogP contribution in [0.2, 0.25) is 0 Å². The molecule has 1 aliphatic rings. The topological polar surface area (TPSA) is 55.4 Å². The maximum absolute atomic E-state index is 12.2. The molecule has 0 spiro atoms. The number of benzene rings is 3. The Morgan fingerprint density at radius 1 is 0.969 bits per heavy atom. The lowest BCUT2D eigenvalue weighted by molar-refractivity contribution is -0.175. The molecule has 1 amide bonds. The molecule has 0 radical (unpaired) electrons. The molecule has 3 aromatic carbocycles. The van der Waals surface area contributed by atoms with Crippen LogP contribution in [0.3, 0.4) is 0 Å². The van der Waals surface area contributed by atoms with Gasteiger partial charge in [-0.2, -0.15) is 13.2 Å². The molecule has 32 heavy (non-hydrogen) atoms. The first-order valence-corrected chi connectivity index (χ1v) is 10.3. The van der Waals surface area contributed by atoms with Crippen LogP contribution in [0.25, 0.3) is 10.8 Å². The van der Waals surface area contributed by atoms with Crippen LogP contribution in [-0.4, -0.2) is 30.2 Å². The largest absolute Gasteiger partial charge is 0.471 e. The molecule has 3 atom stereocenters. The van der Waals surface area contributed by atoms with Crippen molar-refractivity contribution in [2.75, 3.05) is 0 Å². The summed E-state index contributed by atoms with van der Waals surface area (Å²) < 4.78 is 41.7. The number of hydrogen-bond donors (Lipinski definition) is 1. The van der Waals surface area contributed by atoms with E-state index in [0.717, 1.165) is 5.56 Å². The molecule has 1 saturated heterocycles. The predicted octanol–water partition coefficient (Wildman–Crippen LogP) is 5.07. The molecule has 4 rings (SSSR count). The van der Waals surface area contributed by atoms with Gasteiger partial charge in [-0.3, -0.25) is 4.79 Å². The number of alkyl halides is 3. The number of carbonyl (C=O) groups excluding carboxylic acids is 2. The molecule has 168 valence electrons. The van der Waals surface area contributed by atoms with Gasteiger partial charge >= 0.3 is 18.1 Å². The van der Waals surface area contributed by atoms with Crippen molar-refractivity contribution in [1.82, 2.24) is 5.32 Å². The summed E-state index contributed by atoms with van der Waals surface area (Å²) in [6.45, 7) is 1.86. The first kappa shape index (κ1) is 23.3. The molecule has 0 aliphatic carbocycles. The molecule has 3 unspecified atom stereocenters. The van der Waals surface area contributed by atoms with E-state index in [9.17, 15) is 22.8 Å². The number of amides is 1. The Balaban J connectivity index is 0.000000238. The van der Waals surface area contributed by atoms with Crippen LogP contribution in [0.5, 0.6) is 0 Å². The van der Waals surface area contributed by atoms with E-state index in [-0.39, 0.29) is 12.3 Å². The van der Waals surface area contributed by atoms with Gasteiger partial charge in [0, 0.05) is 6.42 Å². The van der Waals surface area contributed by atoms with Crippen LogP contribution in [-0.2, 0) is 20.7 Å². The average molecular weight is 443 g/mol. The number of cyclic esters (lactones) is 1. The second-order valence-electron chi connectivity index (χ2n) is 7.75. The standard InChI is InChI=1S/C15H16F3NO3.C10H8/c1-9(7-10-5-3-2-4-6-10)12-8-11(13(20)22-12)19-14(21)15(16,17)18;1-2-6-10-8-4-3-7-9(10)5-1/h2-6,9,11-12H,7-8H2,1H3,(H,19,21);1-8H. The number of fused-ring (bicyclic) bond motifs is 1. The zero-order valence-corrected chi connectivity index (χ0v) is 17.5. The van der Waals surface area contributed by atoms with Crippen molar-refractivity contribution in [3.8, 4) is 0 Å². The van der Waals surface area contributed by atoms with E-state index in [4.69, 9.17) is 4.74 Å². The van der Waals surface area contributed by atoms with Crippen LogP contribution in [0, 0.1) is 5.92 Å². The number of rotatable bonds is 4. The molecule has 7 heteroatoms. The van der Waals surface area contributed by atoms with E-state index in [1.54, 1.807) is 5.32 Å². The first-order chi connectivity index (χ1) is 15.2. The van der Waals surface area contributed by atoms with Crippen LogP contribution < -0.4 is 5.32 Å². The van der Waals surface area contributed by atoms with Crippen molar-refractivity contribution in [3.63, 3.8) is 0 Å². The summed E-state index contributed by atoms with van der Waals surface area (Å²) in [5, 5.41) is 4.30. The Hall–Kier alpha value is -3.35. The fourth-order valence-corrected chi connectivity index (χ4v) is 3.56. The van der Waals surface area contributed by atoms with Crippen molar-refractivity contribution < 1.29 is 27.5 Å². The lowest BCUT2D eigenvalue weighted by atomic mass is 9.93. The lowest BCUT2D eigenvalue weighted by Gasteiger charge is -2.18. The summed E-state index contributed by atoms with van der Waals surface area (Å²) in [6, 6.07) is 25.0. The third-order valence-electron chi connectivity index (χ3n) is 5.28. The van der Waals surface area contributed by atoms with Gasteiger partial charge in [0.05, 0.1) is 0 Å². The second kappa shape index (κ2) is 10.3. The summed E-state index contributed by atoms with van der Waals surface area (Å²) in [5.74, 6) is -2.99. The Labute approximate surface area is 184 Å². The molecule has 1 aliphatic heterocycles. The summed E-state index contributed by atoms with van der Waals surface area (Å²) in [5.41, 5.74) is 1.05. The number of carbonyl (C=O) groups is 2. The lowest BCUT2D eigenvalue weighted by Crippen LogP contribution is -2.45. The predicted molar refractivity (Wildman–Crippen MR) is 116 cm³/mol. The Morgan fingerprint density at radius 3 is 1.97 bits per heavy atom. The van der Waals surface area contributed by atoms with Crippen molar-refractivity contribution in [2.24, 2.45) is 5.92 Å². The normalized spacial score (nSPS) is 18.9. The highest BCUT2D eigenvalue weighted by atomic mass is 19.4. The number of hydrogen-bond acceptors (Lipinski definition) is 3. The van der Waals surface area contributed by atoms with Gasteiger partial charge in [-0.25, -0.2) is 4.79 Å². The molecule has 0 aromatic heterocycles. The number of halogens is 3. The van der Waals surface area contributed by atoms with Gasteiger partial charge < -0.3 is 10.1 Å². The molecular formula is C25H24F3NO3. The highest BCUT2D eigenvalue weighted by Crippen LogP contribution is 2.26. The third kappa shape index (κ3) is 6.33. The quantitative estimate of drug-likeness (QED) is 0.573. The molecule has 4 nitrogen and oxygen atoms in total. The first-order valence-electron chi connectivity index (χ1n) is 10.3. The van der Waals surface area contributed by atoms with Crippen molar-refractivity contribution >= 4 is 22.6 Å². The maximum atomic E-state index is 12.2. The minimum Gasteiger partial charge on any atom is -0.460 e. The van der Waals surface area contributed by atoms with Crippen molar-refractivity contribution in [3.05, 3.63) is 84.4 Å². The fraction of sp³-hybridized carbons (Fsp3) is 0.280. The minimum absolute atomic E-state index is 0.0503. The van der Waals surface area contributed by atoms with Crippen LogP contribution in [0.1, 0.15) is 18.9 Å². The van der Waals surface area contributed by atoms with Crippen molar-refractivity contribution in [2.45, 2.75) is 38.1 Å². The Kier molecular flexibility index (Phi) is 7.51. The molecule has 0 bridgehead atoms. The van der Waals surface area contributed by atoms with E-state index in [1.807, 2.05) is 37.3 Å². The Morgan fingerprint density at radius 2 is 1.47 bits per heavy atom. The summed E-state index contributed by atoms with van der Waals surface area (Å²) in [4.78, 5) is 22.5. The highest BCUT2D eigenvalue weighted by Gasteiger charge is 2.44. The van der Waals surface area contributed by atoms with Gasteiger partial charge in [-0.05, 0) is 28.7 Å². The SMILES string of the molecule is CC(Cc1ccccc1)C1CC(NC(=O)C(F)(F)F)C(=O)O1.c1ccc2ccccc2c1. The summed E-state index contributed by atoms with van der Waals surface area (Å²) >= 11 is 0. The summed E-state index contributed by atoms with van der Waals surface area (Å²) in [6.07, 6.45) is -4.83. The van der Waals surface area contributed by atoms with E-state index in [2.05, 4.69) is 48.5 Å². The number of nitrogens with one attached hydrogen (secondary N) is 1. The maximum Gasteiger partial charge on any atom is 0.471 e. The smallest absolute Gasteiger partial charge is 0.460 e. The fourth-order valence-electron chi connectivity index (χ4n) is 3.56. The van der Waals surface area contributed by atoms with Gasteiger partial charge in [0.2, 0.25) is 0 Å². The number of esters is 1. The molecule has 1 heterocycles. The van der Waals surface area contributed by atoms with Gasteiger partial charge in [-0.1, -0.05) is 85.8 Å². The number of ether oxygens (including phenoxy) is 1. The van der Waals surface area contributed by atoms with E-state index >= 15 is 0 Å². The van der Waals surface area contributed by atoms with Crippen molar-refractivity contribution in [1.29, 1.82) is 0 Å². The molecular weight excluding hydrogens is 419 g/mol. The third-order valence-corrected chi connectivity index (χ3v) is 5.28. The van der Waals surface area contributed by atoms with Crippen LogP contribution >= 0.6 is 0 Å². The zero-order chi connectivity index (χ0) is 23.1. The second-order valence-corrected chi connectivity index (χ2v) is 7.75. The van der Waals surface area contributed by atoms with E-state index in [1.165, 1.54) is 10.8 Å². The molecule has 1 fully saturated rings. The molecule has 0 saturated carbocycles. The van der Waals surface area contributed by atoms with Gasteiger partial charge in [0.15, 0.2) is 0 Å².